The van der Waals surface area contributed by atoms with E-state index < -0.39 is 11.2 Å². The second-order valence-electron chi connectivity index (χ2n) is 15.3. The van der Waals surface area contributed by atoms with E-state index in [1.165, 1.54) is 0 Å². The molecule has 7 aromatic rings. The van der Waals surface area contributed by atoms with Crippen LogP contribution in [0.3, 0.4) is 0 Å². The van der Waals surface area contributed by atoms with Gasteiger partial charge in [0.05, 0.1) is 0 Å². The number of fused-ring (bicyclic) bond motifs is 7. The van der Waals surface area contributed by atoms with Crippen LogP contribution in [0.4, 0.5) is 0 Å². The van der Waals surface area contributed by atoms with Crippen LogP contribution in [-0.4, -0.2) is 10.2 Å². The highest BCUT2D eigenvalue weighted by atomic mass is 16.3. The number of rotatable bonds is 4. The summed E-state index contributed by atoms with van der Waals surface area (Å²) in [6, 6.07) is 51.7. The number of hydrogen-bond donors (Lipinski definition) is 2. The highest BCUT2D eigenvalue weighted by Crippen LogP contribution is 2.60. The van der Waals surface area contributed by atoms with Crippen LogP contribution in [-0.2, 0) is 24.0 Å². The molecule has 60 heavy (non-hydrogen) atoms. The van der Waals surface area contributed by atoms with Gasteiger partial charge < -0.3 is 10.2 Å². The lowest BCUT2D eigenvalue weighted by Crippen LogP contribution is -2.28. The second-order valence-corrected chi connectivity index (χ2v) is 15.3. The first-order valence-corrected chi connectivity index (χ1v) is 20.7. The molecule has 0 unspecified atom stereocenters. The Kier molecular flexibility index (Phi) is 10.3. The molecular weight excluding hydrogens is 729 g/mol. The molecule has 9 rings (SSSR count). The van der Waals surface area contributed by atoms with Crippen molar-refractivity contribution in [3.63, 3.8) is 0 Å². The van der Waals surface area contributed by atoms with E-state index in [2.05, 4.69) is 73.3 Å². The Morgan fingerprint density at radius 3 is 1.10 bits per heavy atom. The molecule has 2 N–H and O–H groups in total. The third kappa shape index (κ3) is 6.70. The number of benzene rings is 7. The normalized spacial score (nSPS) is 16.2. The summed E-state index contributed by atoms with van der Waals surface area (Å²) in [5, 5.41) is 26.7. The molecular formula is C58H42O2. The monoisotopic (exact) mass is 770 g/mol. The van der Waals surface area contributed by atoms with E-state index in [0.29, 0.717) is 12.8 Å². The Bertz CT molecular complexity index is 2850. The van der Waals surface area contributed by atoms with Crippen LogP contribution in [0, 0.1) is 47.4 Å². The summed E-state index contributed by atoms with van der Waals surface area (Å²) in [4.78, 5) is 0. The van der Waals surface area contributed by atoms with Gasteiger partial charge in [-0.15, -0.1) is 0 Å². The fraction of sp³-hybridized carbons (Fsp3) is 0.138. The summed E-state index contributed by atoms with van der Waals surface area (Å²) in [7, 11) is 0. The molecule has 2 aliphatic rings. The molecule has 2 atom stereocenters. The smallest absolute Gasteiger partial charge is 0.178 e. The predicted octanol–water partition coefficient (Wildman–Crippen LogP) is 10.9. The standard InChI is InChI=1S/C58H42O2/c1-3-19-47-48(20-4-2)56-54(50-30-16-18-32-52(50)58(56,60)40-38-46-28-14-12-26-44(46)36-34-42-23-9-6-10-24-42)53-49-29-15-17-31-51(49)57(59,55(47)53)39-37-45-27-13-11-25-43(45)35-33-41-21-7-5-8-22-41/h5-18,21-32,59-60H,3-4,19-20H2,1-2H3/t57-,58-/m1/s1. The Labute approximate surface area is 353 Å². The highest BCUT2D eigenvalue weighted by molar-refractivity contribution is 6.01. The Hall–Kier alpha value is -7.30. The van der Waals surface area contributed by atoms with E-state index in [-0.39, 0.29) is 0 Å². The van der Waals surface area contributed by atoms with Crippen molar-refractivity contribution in [3.8, 4) is 69.6 Å². The average molecular weight is 771 g/mol. The van der Waals surface area contributed by atoms with Crippen LogP contribution in [0.25, 0.3) is 22.3 Å². The summed E-state index contributed by atoms with van der Waals surface area (Å²) in [6.07, 6.45) is 3.06. The van der Waals surface area contributed by atoms with Crippen LogP contribution in [0.15, 0.2) is 158 Å². The first-order chi connectivity index (χ1) is 29.4. The second kappa shape index (κ2) is 16.2. The van der Waals surface area contributed by atoms with E-state index in [9.17, 15) is 10.2 Å². The largest absolute Gasteiger partial charge is 0.369 e. The van der Waals surface area contributed by atoms with Gasteiger partial charge >= 0.3 is 0 Å². The number of hydrogen-bond acceptors (Lipinski definition) is 2. The van der Waals surface area contributed by atoms with Crippen molar-refractivity contribution in [2.75, 3.05) is 0 Å². The molecule has 0 amide bonds. The molecule has 0 heterocycles. The first kappa shape index (κ1) is 38.2. The summed E-state index contributed by atoms with van der Waals surface area (Å²) in [5.41, 5.74) is 10.4. The topological polar surface area (TPSA) is 40.5 Å². The molecule has 0 radical (unpaired) electrons. The average Bonchev–Trinajstić information content (AvgIpc) is 3.71. The quantitative estimate of drug-likeness (QED) is 0.175. The highest BCUT2D eigenvalue weighted by Gasteiger charge is 2.51. The van der Waals surface area contributed by atoms with Gasteiger partial charge in [0.1, 0.15) is 0 Å². The van der Waals surface area contributed by atoms with Crippen molar-refractivity contribution >= 4 is 0 Å². The fourth-order valence-electron chi connectivity index (χ4n) is 8.84. The van der Waals surface area contributed by atoms with Gasteiger partial charge in [0, 0.05) is 55.6 Å². The third-order valence-electron chi connectivity index (χ3n) is 11.5. The van der Waals surface area contributed by atoms with Crippen molar-refractivity contribution in [1.82, 2.24) is 0 Å². The zero-order valence-electron chi connectivity index (χ0n) is 33.7. The molecule has 0 aliphatic heterocycles. The summed E-state index contributed by atoms with van der Waals surface area (Å²) in [5.74, 6) is 26.9. The Balaban J connectivity index is 1.27. The zero-order valence-corrected chi connectivity index (χ0v) is 33.7. The van der Waals surface area contributed by atoms with Gasteiger partial charge in [-0.2, -0.15) is 0 Å². The van der Waals surface area contributed by atoms with Gasteiger partial charge in [-0.05, 0) is 94.8 Å². The van der Waals surface area contributed by atoms with Gasteiger partial charge in [-0.1, -0.05) is 183 Å². The van der Waals surface area contributed by atoms with Crippen molar-refractivity contribution in [3.05, 3.63) is 224 Å². The van der Waals surface area contributed by atoms with Crippen molar-refractivity contribution in [2.24, 2.45) is 0 Å². The molecule has 2 heteroatoms. The maximum atomic E-state index is 13.4. The molecule has 286 valence electrons. The fourth-order valence-corrected chi connectivity index (χ4v) is 8.84. The summed E-state index contributed by atoms with van der Waals surface area (Å²) >= 11 is 0. The molecule has 0 saturated heterocycles. The maximum Gasteiger partial charge on any atom is 0.178 e. The molecule has 2 nitrogen and oxygen atoms in total. The SMILES string of the molecule is CCCc1c(CCC)c2c(c3c1[C@@](O)(C#Cc1ccccc1C#Cc1ccccc1)c1ccccc1-3)-c1ccccc1[C@]2(O)C#Cc1ccccc1C#Cc1ccccc1. The first-order valence-electron chi connectivity index (χ1n) is 20.7. The van der Waals surface area contributed by atoms with Crippen molar-refractivity contribution < 1.29 is 10.2 Å². The van der Waals surface area contributed by atoms with E-state index >= 15 is 0 Å². The Morgan fingerprint density at radius 2 is 0.717 bits per heavy atom. The van der Waals surface area contributed by atoms with E-state index in [4.69, 9.17) is 0 Å². The number of aliphatic hydroxyl groups is 2. The lowest BCUT2D eigenvalue weighted by atomic mass is 9.77. The van der Waals surface area contributed by atoms with Crippen LogP contribution in [0.2, 0.25) is 0 Å². The lowest BCUT2D eigenvalue weighted by Gasteiger charge is -2.29. The van der Waals surface area contributed by atoms with Gasteiger partial charge in [-0.25, -0.2) is 0 Å². The molecule has 0 saturated carbocycles. The Morgan fingerprint density at radius 1 is 0.383 bits per heavy atom. The van der Waals surface area contributed by atoms with Crippen molar-refractivity contribution in [1.29, 1.82) is 0 Å². The minimum atomic E-state index is -1.63. The predicted molar refractivity (Wildman–Crippen MR) is 243 cm³/mol. The van der Waals surface area contributed by atoms with E-state index in [0.717, 1.165) is 102 Å². The lowest BCUT2D eigenvalue weighted by molar-refractivity contribution is 0.145. The van der Waals surface area contributed by atoms with Crippen LogP contribution in [0.1, 0.15) is 93.5 Å². The van der Waals surface area contributed by atoms with Gasteiger partial charge in [0.15, 0.2) is 11.2 Å². The summed E-state index contributed by atoms with van der Waals surface area (Å²) in [6.45, 7) is 4.33. The summed E-state index contributed by atoms with van der Waals surface area (Å²) < 4.78 is 0. The molecule has 0 spiro atoms. The maximum absolute atomic E-state index is 13.4. The minimum absolute atomic E-state index is 0.694. The van der Waals surface area contributed by atoms with Crippen LogP contribution >= 0.6 is 0 Å². The molecule has 0 aromatic heterocycles. The van der Waals surface area contributed by atoms with Crippen LogP contribution < -0.4 is 0 Å². The van der Waals surface area contributed by atoms with E-state index in [1.54, 1.807) is 0 Å². The minimum Gasteiger partial charge on any atom is -0.369 e. The molecule has 2 aliphatic carbocycles. The molecule has 0 bridgehead atoms. The molecule has 0 fully saturated rings. The van der Waals surface area contributed by atoms with Crippen LogP contribution in [0.5, 0.6) is 0 Å². The van der Waals surface area contributed by atoms with Gasteiger partial charge in [0.2, 0.25) is 0 Å². The zero-order chi connectivity index (χ0) is 41.1. The van der Waals surface area contributed by atoms with E-state index in [1.807, 2.05) is 146 Å². The van der Waals surface area contributed by atoms with Crippen molar-refractivity contribution in [2.45, 2.75) is 50.7 Å². The van der Waals surface area contributed by atoms with Gasteiger partial charge in [0.25, 0.3) is 0 Å². The van der Waals surface area contributed by atoms with Gasteiger partial charge in [-0.3, -0.25) is 0 Å². The third-order valence-corrected chi connectivity index (χ3v) is 11.5. The molecule has 7 aromatic carbocycles.